The van der Waals surface area contributed by atoms with Crippen molar-refractivity contribution in [3.63, 3.8) is 0 Å². The van der Waals surface area contributed by atoms with Gasteiger partial charge in [0.1, 0.15) is 0 Å². The zero-order chi connectivity index (χ0) is 15.5. The number of hydrogen-bond acceptors (Lipinski definition) is 3. The number of nitrogens with one attached hydrogen (secondary N) is 1. The Hall–Kier alpha value is -0.610. The van der Waals surface area contributed by atoms with E-state index in [4.69, 9.17) is 5.73 Å². The quantitative estimate of drug-likeness (QED) is 0.612. The maximum Gasteiger partial charge on any atom is 0.224 e. The molecule has 120 valence electrons. The van der Waals surface area contributed by atoms with Crippen molar-refractivity contribution in [2.24, 2.45) is 17.6 Å². The van der Waals surface area contributed by atoms with Crippen LogP contribution in [0, 0.1) is 11.8 Å². The van der Waals surface area contributed by atoms with Crippen LogP contribution in [0.1, 0.15) is 53.9 Å². The second kappa shape index (κ2) is 11.1. The molecule has 2 atom stereocenters. The Morgan fingerprint density at radius 3 is 2.25 bits per heavy atom. The average Bonchev–Trinajstić information content (AvgIpc) is 2.40. The van der Waals surface area contributed by atoms with Gasteiger partial charge < -0.3 is 16.0 Å². The van der Waals surface area contributed by atoms with Crippen LogP contribution in [-0.2, 0) is 4.79 Å². The van der Waals surface area contributed by atoms with E-state index in [1.165, 1.54) is 0 Å². The number of carbonyl (C=O) groups excluding carboxylic acids is 1. The lowest BCUT2D eigenvalue weighted by molar-refractivity contribution is -0.125. The van der Waals surface area contributed by atoms with Gasteiger partial charge in [0.2, 0.25) is 5.91 Å². The van der Waals surface area contributed by atoms with Crippen molar-refractivity contribution in [3.05, 3.63) is 0 Å². The summed E-state index contributed by atoms with van der Waals surface area (Å²) in [5.41, 5.74) is 5.71. The minimum absolute atomic E-state index is 0.0415. The van der Waals surface area contributed by atoms with E-state index in [-0.39, 0.29) is 17.9 Å². The third-order valence-electron chi connectivity index (χ3n) is 3.81. The maximum atomic E-state index is 12.1. The van der Waals surface area contributed by atoms with Crippen molar-refractivity contribution >= 4 is 5.91 Å². The molecular formula is C16H35N3O. The second-order valence-corrected chi connectivity index (χ2v) is 6.14. The van der Waals surface area contributed by atoms with Crippen LogP contribution in [0.15, 0.2) is 0 Å². The molecule has 0 saturated carbocycles. The van der Waals surface area contributed by atoms with Crippen LogP contribution in [0.5, 0.6) is 0 Å². The molecule has 0 heterocycles. The van der Waals surface area contributed by atoms with Crippen molar-refractivity contribution < 1.29 is 4.79 Å². The molecule has 0 aliphatic carbocycles. The van der Waals surface area contributed by atoms with Gasteiger partial charge in [0.25, 0.3) is 0 Å². The Kier molecular flexibility index (Phi) is 10.8. The number of rotatable bonds is 11. The van der Waals surface area contributed by atoms with Gasteiger partial charge in [-0.25, -0.2) is 0 Å². The van der Waals surface area contributed by atoms with Crippen LogP contribution >= 0.6 is 0 Å². The van der Waals surface area contributed by atoms with Crippen molar-refractivity contribution in [3.8, 4) is 0 Å². The van der Waals surface area contributed by atoms with Crippen LogP contribution in [0.2, 0.25) is 0 Å². The summed E-state index contributed by atoms with van der Waals surface area (Å²) in [5.74, 6) is 0.587. The van der Waals surface area contributed by atoms with Gasteiger partial charge in [-0.05, 0) is 51.7 Å². The monoisotopic (exact) mass is 285 g/mol. The van der Waals surface area contributed by atoms with Crippen LogP contribution in [0.4, 0.5) is 0 Å². The molecule has 0 fully saturated rings. The standard InChI is InChI=1S/C16H35N3O/c1-6-19(7-2)10-8-9-14(5)18-16(20)15(12-17)11-13(3)4/h13-15H,6-12,17H2,1-5H3,(H,18,20). The number of nitrogens with zero attached hydrogens (tertiary/aromatic N) is 1. The highest BCUT2D eigenvalue weighted by molar-refractivity contribution is 5.79. The minimum atomic E-state index is -0.0415. The molecule has 0 saturated heterocycles. The molecule has 3 N–H and O–H groups in total. The second-order valence-electron chi connectivity index (χ2n) is 6.14. The molecule has 1 amide bonds. The smallest absolute Gasteiger partial charge is 0.224 e. The largest absolute Gasteiger partial charge is 0.353 e. The number of carbonyl (C=O) groups is 1. The van der Waals surface area contributed by atoms with Crippen LogP contribution in [-0.4, -0.2) is 43.0 Å². The molecule has 4 nitrogen and oxygen atoms in total. The summed E-state index contributed by atoms with van der Waals surface area (Å²) >= 11 is 0. The fourth-order valence-corrected chi connectivity index (χ4v) is 2.47. The third kappa shape index (κ3) is 8.54. The van der Waals surface area contributed by atoms with Gasteiger partial charge in [0.05, 0.1) is 5.92 Å². The highest BCUT2D eigenvalue weighted by atomic mass is 16.1. The number of hydrogen-bond donors (Lipinski definition) is 2. The zero-order valence-corrected chi connectivity index (χ0v) is 14.1. The molecule has 0 aromatic heterocycles. The highest BCUT2D eigenvalue weighted by Gasteiger charge is 2.19. The zero-order valence-electron chi connectivity index (χ0n) is 14.1. The first-order valence-electron chi connectivity index (χ1n) is 8.17. The number of nitrogens with two attached hydrogens (primary N) is 1. The highest BCUT2D eigenvalue weighted by Crippen LogP contribution is 2.11. The molecule has 0 aromatic carbocycles. The molecule has 4 heteroatoms. The molecule has 0 spiro atoms. The fourth-order valence-electron chi connectivity index (χ4n) is 2.47. The first-order valence-corrected chi connectivity index (χ1v) is 8.17. The van der Waals surface area contributed by atoms with E-state index in [1.807, 2.05) is 0 Å². The van der Waals surface area contributed by atoms with Gasteiger partial charge in [-0.1, -0.05) is 27.7 Å². The van der Waals surface area contributed by atoms with Crippen molar-refractivity contribution in [2.75, 3.05) is 26.2 Å². The van der Waals surface area contributed by atoms with Crippen LogP contribution in [0.25, 0.3) is 0 Å². The topological polar surface area (TPSA) is 58.4 Å². The van der Waals surface area contributed by atoms with Crippen LogP contribution < -0.4 is 11.1 Å². The van der Waals surface area contributed by atoms with E-state index >= 15 is 0 Å². The Balaban J connectivity index is 3.99. The summed E-state index contributed by atoms with van der Waals surface area (Å²) in [6.07, 6.45) is 3.02. The third-order valence-corrected chi connectivity index (χ3v) is 3.81. The minimum Gasteiger partial charge on any atom is -0.353 e. The lowest BCUT2D eigenvalue weighted by atomic mass is 9.96. The van der Waals surface area contributed by atoms with E-state index < -0.39 is 0 Å². The Morgan fingerprint density at radius 2 is 1.80 bits per heavy atom. The maximum absolute atomic E-state index is 12.1. The van der Waals surface area contributed by atoms with Gasteiger partial charge in [0, 0.05) is 12.6 Å². The molecule has 20 heavy (non-hydrogen) atoms. The van der Waals surface area contributed by atoms with Gasteiger partial charge >= 0.3 is 0 Å². The normalized spacial score (nSPS) is 14.6. The van der Waals surface area contributed by atoms with Gasteiger partial charge in [-0.15, -0.1) is 0 Å². The Bertz CT molecular complexity index is 252. The molecule has 0 rings (SSSR count). The molecule has 0 radical (unpaired) electrons. The molecule has 0 aliphatic heterocycles. The summed E-state index contributed by atoms with van der Waals surface area (Å²) < 4.78 is 0. The van der Waals surface area contributed by atoms with E-state index in [9.17, 15) is 4.79 Å². The van der Waals surface area contributed by atoms with Crippen molar-refractivity contribution in [2.45, 2.75) is 59.9 Å². The first kappa shape index (κ1) is 19.4. The predicted molar refractivity (Wildman–Crippen MR) is 86.6 cm³/mol. The van der Waals surface area contributed by atoms with Gasteiger partial charge in [-0.2, -0.15) is 0 Å². The fraction of sp³-hybridized carbons (Fsp3) is 0.938. The van der Waals surface area contributed by atoms with E-state index in [0.29, 0.717) is 12.5 Å². The van der Waals surface area contributed by atoms with Gasteiger partial charge in [0.15, 0.2) is 0 Å². The molecule has 0 aliphatic rings. The van der Waals surface area contributed by atoms with Crippen molar-refractivity contribution in [1.29, 1.82) is 0 Å². The van der Waals surface area contributed by atoms with E-state index in [2.05, 4.69) is 44.8 Å². The molecule has 0 aromatic rings. The molecule has 2 unspecified atom stereocenters. The Labute approximate surface area is 125 Å². The predicted octanol–water partition coefficient (Wildman–Crippen LogP) is 2.23. The number of amides is 1. The van der Waals surface area contributed by atoms with E-state index in [0.717, 1.165) is 38.9 Å². The van der Waals surface area contributed by atoms with Gasteiger partial charge in [-0.3, -0.25) is 4.79 Å². The summed E-state index contributed by atoms with van der Waals surface area (Å²) in [7, 11) is 0. The molecular weight excluding hydrogens is 250 g/mol. The lowest BCUT2D eigenvalue weighted by Gasteiger charge is -2.22. The van der Waals surface area contributed by atoms with Crippen LogP contribution in [0.3, 0.4) is 0 Å². The summed E-state index contributed by atoms with van der Waals surface area (Å²) in [5, 5.41) is 3.11. The molecule has 0 bridgehead atoms. The summed E-state index contributed by atoms with van der Waals surface area (Å²) in [6, 6.07) is 0.235. The summed E-state index contributed by atoms with van der Waals surface area (Å²) in [4.78, 5) is 14.5. The Morgan fingerprint density at radius 1 is 1.20 bits per heavy atom. The lowest BCUT2D eigenvalue weighted by Crippen LogP contribution is -2.40. The SMILES string of the molecule is CCN(CC)CCCC(C)NC(=O)C(CN)CC(C)C. The van der Waals surface area contributed by atoms with Crippen molar-refractivity contribution in [1.82, 2.24) is 10.2 Å². The first-order chi connectivity index (χ1) is 9.44. The average molecular weight is 285 g/mol. The summed E-state index contributed by atoms with van der Waals surface area (Å²) in [6.45, 7) is 14.5. The van der Waals surface area contributed by atoms with E-state index in [1.54, 1.807) is 0 Å².